The summed E-state index contributed by atoms with van der Waals surface area (Å²) in [7, 11) is 0. The number of aromatic nitrogens is 1. The molecule has 2 N–H and O–H groups in total. The van der Waals surface area contributed by atoms with Gasteiger partial charge in [-0.05, 0) is 36.8 Å². The fraction of sp³-hybridized carbons (Fsp3) is 0.182. The van der Waals surface area contributed by atoms with Gasteiger partial charge in [-0.1, -0.05) is 18.2 Å². The number of rotatable bonds is 7. The summed E-state index contributed by atoms with van der Waals surface area (Å²) in [5, 5.41) is 15.8. The van der Waals surface area contributed by atoms with Crippen LogP contribution >= 0.6 is 0 Å². The fourth-order valence-electron chi connectivity index (χ4n) is 3.30. The number of nitriles is 1. The average Bonchev–Trinajstić information content (AvgIpc) is 3.05. The van der Waals surface area contributed by atoms with E-state index in [1.807, 2.05) is 11.5 Å². The summed E-state index contributed by atoms with van der Waals surface area (Å²) in [6.45, 7) is 3.40. The number of alkyl halides is 2. The Hall–Kier alpha value is -3.86. The van der Waals surface area contributed by atoms with Gasteiger partial charge < -0.3 is 19.9 Å². The molecule has 0 radical (unpaired) electrons. The molecule has 2 aromatic carbocycles. The molecular weight excluding hydrogens is 390 g/mol. The Bertz CT molecular complexity index is 1110. The summed E-state index contributed by atoms with van der Waals surface area (Å²) < 4.78 is 31.6. The van der Waals surface area contributed by atoms with Gasteiger partial charge >= 0.3 is 12.6 Å². The molecule has 0 aliphatic rings. The Kier molecular flexibility index (Phi) is 6.32. The summed E-state index contributed by atoms with van der Waals surface area (Å²) in [5.41, 5.74) is 3.10. The van der Waals surface area contributed by atoms with Gasteiger partial charge in [0, 0.05) is 30.2 Å². The van der Waals surface area contributed by atoms with Crippen molar-refractivity contribution in [2.75, 3.05) is 11.9 Å². The van der Waals surface area contributed by atoms with E-state index in [1.54, 1.807) is 36.4 Å². The molecule has 0 aliphatic carbocycles. The molecule has 0 spiro atoms. The van der Waals surface area contributed by atoms with Crippen molar-refractivity contribution in [1.29, 1.82) is 5.26 Å². The van der Waals surface area contributed by atoms with Crippen LogP contribution in [0.3, 0.4) is 0 Å². The SMILES string of the molecule is C=CCNC(=O)Nc1ccc(-c2c(C#N)c3ccc(OC(F)F)cc3n2CC)cc1. The zero-order valence-electron chi connectivity index (χ0n) is 16.3. The third-order valence-electron chi connectivity index (χ3n) is 4.51. The molecule has 0 fully saturated rings. The van der Waals surface area contributed by atoms with E-state index < -0.39 is 6.61 Å². The van der Waals surface area contributed by atoms with E-state index in [2.05, 4.69) is 28.0 Å². The Balaban J connectivity index is 2.01. The van der Waals surface area contributed by atoms with Crippen molar-refractivity contribution < 1.29 is 18.3 Å². The van der Waals surface area contributed by atoms with Crippen molar-refractivity contribution in [1.82, 2.24) is 9.88 Å². The maximum absolute atomic E-state index is 12.6. The monoisotopic (exact) mass is 410 g/mol. The first-order valence-corrected chi connectivity index (χ1v) is 9.25. The number of urea groups is 1. The lowest BCUT2D eigenvalue weighted by molar-refractivity contribution is -0.0497. The van der Waals surface area contributed by atoms with Crippen LogP contribution in [0.1, 0.15) is 12.5 Å². The average molecular weight is 410 g/mol. The lowest BCUT2D eigenvalue weighted by Crippen LogP contribution is -2.28. The van der Waals surface area contributed by atoms with E-state index in [9.17, 15) is 18.8 Å². The highest BCUT2D eigenvalue weighted by Gasteiger charge is 2.19. The summed E-state index contributed by atoms with van der Waals surface area (Å²) in [6.07, 6.45) is 1.58. The van der Waals surface area contributed by atoms with E-state index in [0.717, 1.165) is 5.56 Å². The number of aryl methyl sites for hydroxylation is 1. The standard InChI is InChI=1S/C22H20F2N4O2/c1-3-11-26-22(29)27-15-7-5-14(6-8-15)20-18(13-25)17-10-9-16(30-21(23)24)12-19(17)28(20)4-2/h3,5-10,12,21H,1,4,11H2,2H3,(H2,26,27,29). The van der Waals surface area contributed by atoms with Crippen LogP contribution in [0, 0.1) is 11.3 Å². The van der Waals surface area contributed by atoms with Crippen molar-refractivity contribution >= 4 is 22.6 Å². The highest BCUT2D eigenvalue weighted by atomic mass is 19.3. The van der Waals surface area contributed by atoms with Crippen molar-refractivity contribution in [2.24, 2.45) is 0 Å². The van der Waals surface area contributed by atoms with Crippen molar-refractivity contribution in [3.05, 3.63) is 60.7 Å². The number of hydrogen-bond acceptors (Lipinski definition) is 3. The van der Waals surface area contributed by atoms with Gasteiger partial charge in [0.2, 0.25) is 0 Å². The van der Waals surface area contributed by atoms with Gasteiger partial charge in [-0.3, -0.25) is 0 Å². The van der Waals surface area contributed by atoms with Crippen molar-refractivity contribution in [3.63, 3.8) is 0 Å². The molecule has 0 aliphatic heterocycles. The maximum atomic E-state index is 12.6. The lowest BCUT2D eigenvalue weighted by atomic mass is 10.1. The van der Waals surface area contributed by atoms with Gasteiger partial charge in [-0.25, -0.2) is 4.79 Å². The molecule has 30 heavy (non-hydrogen) atoms. The number of ether oxygens (including phenoxy) is 1. The first kappa shape index (κ1) is 20.9. The minimum Gasteiger partial charge on any atom is -0.435 e. The van der Waals surface area contributed by atoms with Crippen molar-refractivity contribution in [3.8, 4) is 23.1 Å². The minimum absolute atomic E-state index is 0.0332. The quantitative estimate of drug-likeness (QED) is 0.532. The maximum Gasteiger partial charge on any atom is 0.387 e. The fourth-order valence-corrected chi connectivity index (χ4v) is 3.30. The van der Waals surface area contributed by atoms with Gasteiger partial charge in [-0.2, -0.15) is 14.0 Å². The molecule has 1 aromatic heterocycles. The Morgan fingerprint density at radius 2 is 2.03 bits per heavy atom. The summed E-state index contributed by atoms with van der Waals surface area (Å²) in [5.74, 6) is 0.0332. The number of benzene rings is 2. The molecular formula is C22H20F2N4O2. The summed E-state index contributed by atoms with van der Waals surface area (Å²) in [4.78, 5) is 11.8. The number of nitrogens with one attached hydrogen (secondary N) is 2. The minimum atomic E-state index is -2.92. The Morgan fingerprint density at radius 3 is 2.63 bits per heavy atom. The topological polar surface area (TPSA) is 79.1 Å². The molecule has 0 bridgehead atoms. The van der Waals surface area contributed by atoms with E-state index in [1.165, 1.54) is 12.1 Å². The van der Waals surface area contributed by atoms with Gasteiger partial charge in [0.05, 0.1) is 16.8 Å². The first-order valence-electron chi connectivity index (χ1n) is 9.25. The number of halogens is 2. The zero-order valence-corrected chi connectivity index (χ0v) is 16.3. The second-order valence-electron chi connectivity index (χ2n) is 6.34. The second kappa shape index (κ2) is 9.09. The molecule has 0 saturated heterocycles. The largest absolute Gasteiger partial charge is 0.435 e. The molecule has 0 saturated carbocycles. The molecule has 0 atom stereocenters. The third-order valence-corrected chi connectivity index (χ3v) is 4.51. The van der Waals surface area contributed by atoms with Crippen LogP contribution in [0.2, 0.25) is 0 Å². The number of hydrogen-bond donors (Lipinski definition) is 2. The van der Waals surface area contributed by atoms with Crippen LogP contribution in [0.4, 0.5) is 19.3 Å². The van der Waals surface area contributed by atoms with E-state index in [4.69, 9.17) is 0 Å². The van der Waals surface area contributed by atoms with Crippen LogP contribution in [0.5, 0.6) is 5.75 Å². The van der Waals surface area contributed by atoms with Crippen LogP contribution < -0.4 is 15.4 Å². The number of anilines is 1. The van der Waals surface area contributed by atoms with E-state index in [-0.39, 0.29) is 11.8 Å². The summed E-state index contributed by atoms with van der Waals surface area (Å²) in [6, 6.07) is 13.5. The molecule has 8 heteroatoms. The number of carbonyl (C=O) groups excluding carboxylic acids is 1. The van der Waals surface area contributed by atoms with Gasteiger partial charge in [0.1, 0.15) is 11.8 Å². The van der Waals surface area contributed by atoms with Crippen LogP contribution in [-0.4, -0.2) is 23.8 Å². The Labute approximate surface area is 172 Å². The molecule has 3 rings (SSSR count). The number of fused-ring (bicyclic) bond motifs is 1. The van der Waals surface area contributed by atoms with Gasteiger partial charge in [-0.15, -0.1) is 6.58 Å². The van der Waals surface area contributed by atoms with E-state index >= 15 is 0 Å². The molecule has 154 valence electrons. The number of amides is 2. The number of nitrogens with zero attached hydrogens (tertiary/aromatic N) is 2. The van der Waals surface area contributed by atoms with E-state index in [0.29, 0.717) is 40.9 Å². The van der Waals surface area contributed by atoms with Gasteiger partial charge in [0.25, 0.3) is 0 Å². The molecule has 0 unspecified atom stereocenters. The smallest absolute Gasteiger partial charge is 0.387 e. The Morgan fingerprint density at radius 1 is 1.30 bits per heavy atom. The lowest BCUT2D eigenvalue weighted by Gasteiger charge is -2.11. The molecule has 3 aromatic rings. The molecule has 1 heterocycles. The molecule has 2 amide bonds. The highest BCUT2D eigenvalue weighted by molar-refractivity contribution is 5.96. The van der Waals surface area contributed by atoms with Crippen molar-refractivity contribution in [2.45, 2.75) is 20.1 Å². The van der Waals surface area contributed by atoms with Crippen LogP contribution in [0.15, 0.2) is 55.1 Å². The summed E-state index contributed by atoms with van der Waals surface area (Å²) >= 11 is 0. The van der Waals surface area contributed by atoms with Gasteiger partial charge in [0.15, 0.2) is 0 Å². The second-order valence-corrected chi connectivity index (χ2v) is 6.34. The van der Waals surface area contributed by atoms with Crippen LogP contribution in [0.25, 0.3) is 22.2 Å². The predicted molar refractivity (Wildman–Crippen MR) is 112 cm³/mol. The normalized spacial score (nSPS) is 10.6. The molecule has 6 nitrogen and oxygen atoms in total. The zero-order chi connectivity index (χ0) is 21.7. The first-order chi connectivity index (χ1) is 14.5. The number of carbonyl (C=O) groups is 1. The highest BCUT2D eigenvalue weighted by Crippen LogP contribution is 2.36. The van der Waals surface area contributed by atoms with Crippen LogP contribution in [-0.2, 0) is 6.54 Å². The predicted octanol–water partition coefficient (Wildman–Crippen LogP) is 5.11. The third kappa shape index (κ3) is 4.25.